The maximum atomic E-state index is 12.2. The van der Waals surface area contributed by atoms with Gasteiger partial charge in [0.2, 0.25) is 0 Å². The molecule has 0 aromatic rings. The Morgan fingerprint density at radius 1 is 1.15 bits per heavy atom. The van der Waals surface area contributed by atoms with Gasteiger partial charge < -0.3 is 14.6 Å². The smallest absolute Gasteiger partial charge is 0.435 e. The van der Waals surface area contributed by atoms with Crippen LogP contribution >= 0.6 is 11.8 Å². The van der Waals surface area contributed by atoms with Crippen LogP contribution < -0.4 is 0 Å². The van der Waals surface area contributed by atoms with Crippen molar-refractivity contribution in [2.45, 2.75) is 96.3 Å². The van der Waals surface area contributed by atoms with Crippen molar-refractivity contribution in [3.05, 3.63) is 11.6 Å². The quantitative estimate of drug-likeness (QED) is 0.389. The minimum atomic E-state index is -0.800. The molecule has 190 valence electrons. The van der Waals surface area contributed by atoms with Crippen LogP contribution in [0.5, 0.6) is 0 Å². The second-order valence-corrected chi connectivity index (χ2v) is 12.8. The Morgan fingerprint density at radius 3 is 2.59 bits per heavy atom. The second-order valence-electron chi connectivity index (χ2n) is 11.4. The number of allylic oxidation sites excluding steroid dienone is 1. The fourth-order valence-corrected chi connectivity index (χ4v) is 9.26. The summed E-state index contributed by atoms with van der Waals surface area (Å²) in [5, 5.41) is 12.2. The average molecular weight is 493 g/mol. The molecule has 4 aliphatic carbocycles. The van der Waals surface area contributed by atoms with E-state index in [0.717, 1.165) is 38.5 Å². The maximum absolute atomic E-state index is 12.2. The first-order valence-corrected chi connectivity index (χ1v) is 13.8. The molecule has 0 aromatic carbocycles. The van der Waals surface area contributed by atoms with Gasteiger partial charge in [0.1, 0.15) is 0 Å². The van der Waals surface area contributed by atoms with Gasteiger partial charge in [0, 0.05) is 18.6 Å². The molecular formula is C27H40O6S. The molecule has 3 saturated carbocycles. The van der Waals surface area contributed by atoms with E-state index in [0.29, 0.717) is 37.0 Å². The van der Waals surface area contributed by atoms with Crippen LogP contribution in [0.15, 0.2) is 11.6 Å². The highest BCUT2D eigenvalue weighted by atomic mass is 32.2. The van der Waals surface area contributed by atoms with Crippen LogP contribution in [0.1, 0.15) is 85.5 Å². The lowest BCUT2D eigenvalue weighted by Crippen LogP contribution is -2.57. The van der Waals surface area contributed by atoms with E-state index in [1.165, 1.54) is 17.3 Å². The van der Waals surface area contributed by atoms with E-state index in [1.807, 2.05) is 6.08 Å². The molecule has 6 nitrogen and oxygen atoms in total. The lowest BCUT2D eigenvalue weighted by Gasteiger charge is -2.61. The number of ketones is 1. The Bertz CT molecular complexity index is 869. The highest BCUT2D eigenvalue weighted by Crippen LogP contribution is 2.69. The topological polar surface area (TPSA) is 89.9 Å². The van der Waals surface area contributed by atoms with Gasteiger partial charge in [-0.05, 0) is 93.0 Å². The molecule has 0 radical (unpaired) electrons. The van der Waals surface area contributed by atoms with E-state index in [1.54, 1.807) is 13.8 Å². The van der Waals surface area contributed by atoms with Crippen molar-refractivity contribution >= 4 is 28.8 Å². The van der Waals surface area contributed by atoms with Crippen molar-refractivity contribution in [1.29, 1.82) is 0 Å². The van der Waals surface area contributed by atoms with Crippen molar-refractivity contribution in [1.82, 2.24) is 0 Å². The van der Waals surface area contributed by atoms with E-state index in [4.69, 9.17) is 9.47 Å². The van der Waals surface area contributed by atoms with Gasteiger partial charge in [-0.2, -0.15) is 0 Å². The number of hydrogen-bond donors (Lipinski definition) is 1. The Hall–Kier alpha value is -1.34. The third-order valence-electron chi connectivity index (χ3n) is 9.82. The highest BCUT2D eigenvalue weighted by molar-refractivity contribution is 8.14. The zero-order valence-corrected chi connectivity index (χ0v) is 21.9. The number of ether oxygens (including phenoxy) is 2. The van der Waals surface area contributed by atoms with E-state index in [-0.39, 0.29) is 40.2 Å². The molecule has 0 aliphatic heterocycles. The lowest BCUT2D eigenvalue weighted by atomic mass is 9.46. The highest BCUT2D eigenvalue weighted by Gasteiger charge is 2.65. The summed E-state index contributed by atoms with van der Waals surface area (Å²) >= 11 is 1.45. The lowest BCUT2D eigenvalue weighted by molar-refractivity contribution is -0.132. The Kier molecular flexibility index (Phi) is 7.27. The molecule has 0 saturated heterocycles. The zero-order valence-electron chi connectivity index (χ0n) is 21.1. The van der Waals surface area contributed by atoms with Crippen LogP contribution in [0.4, 0.5) is 4.79 Å². The van der Waals surface area contributed by atoms with Crippen molar-refractivity contribution in [3.63, 3.8) is 0 Å². The number of carbonyl (C=O) groups excluding carboxylic acids is 3. The van der Waals surface area contributed by atoms with Gasteiger partial charge in [-0.25, -0.2) is 4.79 Å². The Labute approximate surface area is 207 Å². The summed E-state index contributed by atoms with van der Waals surface area (Å²) in [6.45, 7) is 8.51. The average Bonchev–Trinajstić information content (AvgIpc) is 3.03. The molecule has 7 atom stereocenters. The summed E-state index contributed by atoms with van der Waals surface area (Å²) in [4.78, 5) is 36.0. The van der Waals surface area contributed by atoms with Gasteiger partial charge in [-0.1, -0.05) is 31.2 Å². The van der Waals surface area contributed by atoms with Gasteiger partial charge in [0.15, 0.2) is 10.9 Å². The molecule has 2 unspecified atom stereocenters. The summed E-state index contributed by atoms with van der Waals surface area (Å²) in [5.41, 5.74) is 0.236. The Balaban J connectivity index is 1.55. The van der Waals surface area contributed by atoms with Crippen molar-refractivity contribution in [2.75, 3.05) is 13.2 Å². The molecule has 0 aromatic heterocycles. The molecule has 4 aliphatic rings. The van der Waals surface area contributed by atoms with Gasteiger partial charge in [-0.15, -0.1) is 0 Å². The predicted octanol–water partition coefficient (Wildman–Crippen LogP) is 5.46. The summed E-state index contributed by atoms with van der Waals surface area (Å²) in [6, 6.07) is 0. The number of thioether (sulfide) groups is 1. The van der Waals surface area contributed by atoms with E-state index >= 15 is 0 Å². The third-order valence-corrected chi connectivity index (χ3v) is 10.9. The first-order valence-electron chi connectivity index (χ1n) is 13.0. The summed E-state index contributed by atoms with van der Waals surface area (Å²) in [7, 11) is 0. The molecule has 0 bridgehead atoms. The van der Waals surface area contributed by atoms with Crippen molar-refractivity contribution in [2.24, 2.45) is 28.6 Å². The molecule has 7 heteroatoms. The van der Waals surface area contributed by atoms with Crippen LogP contribution in [0.3, 0.4) is 0 Å². The molecular weight excluding hydrogens is 452 g/mol. The van der Waals surface area contributed by atoms with Gasteiger partial charge in [-0.3, -0.25) is 9.59 Å². The third kappa shape index (κ3) is 4.36. The molecule has 4 rings (SSSR count). The number of hydrogen-bond acceptors (Lipinski definition) is 7. The van der Waals surface area contributed by atoms with Crippen molar-refractivity contribution in [3.8, 4) is 0 Å². The van der Waals surface area contributed by atoms with E-state index < -0.39 is 11.8 Å². The van der Waals surface area contributed by atoms with Crippen LogP contribution in [-0.2, 0) is 19.1 Å². The largest absolute Gasteiger partial charge is 0.508 e. The summed E-state index contributed by atoms with van der Waals surface area (Å²) in [6.07, 6.45) is 8.39. The second kappa shape index (κ2) is 9.61. The van der Waals surface area contributed by atoms with Gasteiger partial charge >= 0.3 is 6.16 Å². The fraction of sp³-hybridized carbons (Fsp3) is 0.815. The normalized spacial score (nSPS) is 41.1. The first-order chi connectivity index (χ1) is 16.0. The van der Waals surface area contributed by atoms with Crippen LogP contribution in [-0.4, -0.2) is 46.2 Å². The molecule has 0 spiro atoms. The first kappa shape index (κ1) is 25.7. The van der Waals surface area contributed by atoms with E-state index in [9.17, 15) is 19.5 Å². The molecule has 34 heavy (non-hydrogen) atoms. The fourth-order valence-electron chi connectivity index (χ4n) is 8.04. The predicted molar refractivity (Wildman–Crippen MR) is 131 cm³/mol. The molecule has 1 N–H and O–H groups in total. The SMILES string of the molecule is CCOC(=O)OCCCC1(O)CC[C@H]2[C@@H]3C(SC(C)=O)CC4=CC(=O)CC[C@]4(C)[C@@H]3CC[C@@]21C. The number of rotatable bonds is 6. The van der Waals surface area contributed by atoms with Gasteiger partial charge in [0.25, 0.3) is 0 Å². The molecule has 3 fully saturated rings. The molecule has 0 heterocycles. The standard InChI is InChI=1S/C27H40O6S/c1-5-32-24(30)33-14-6-10-27(31)13-9-21-23-20(8-12-26(21,27)4)25(3)11-7-19(29)15-18(25)16-22(23)34-17(2)28/h15,20-23,31H,5-14,16H2,1-4H3/t20-,21+,22?,23-,25+,26+,27?/m1/s1. The minimum Gasteiger partial charge on any atom is -0.435 e. The van der Waals surface area contributed by atoms with Crippen molar-refractivity contribution < 1.29 is 29.0 Å². The van der Waals surface area contributed by atoms with Crippen LogP contribution in [0.25, 0.3) is 0 Å². The van der Waals surface area contributed by atoms with E-state index in [2.05, 4.69) is 13.8 Å². The summed E-state index contributed by atoms with van der Waals surface area (Å²) < 4.78 is 9.96. The van der Waals surface area contributed by atoms with Gasteiger partial charge in [0.05, 0.1) is 18.8 Å². The number of aliphatic hydroxyl groups is 1. The zero-order chi connectivity index (χ0) is 24.7. The monoisotopic (exact) mass is 492 g/mol. The number of carbonyl (C=O) groups is 3. The minimum absolute atomic E-state index is 0.0158. The molecule has 0 amide bonds. The van der Waals surface area contributed by atoms with Crippen LogP contribution in [0.2, 0.25) is 0 Å². The Morgan fingerprint density at radius 2 is 1.88 bits per heavy atom. The maximum Gasteiger partial charge on any atom is 0.508 e. The summed E-state index contributed by atoms with van der Waals surface area (Å²) in [5.74, 6) is 1.35. The van der Waals surface area contributed by atoms with Crippen LogP contribution in [0, 0.1) is 28.6 Å². The number of fused-ring (bicyclic) bond motifs is 5.